The third kappa shape index (κ3) is 3.22. The number of aliphatic hydroxyl groups is 1. The Labute approximate surface area is 83.1 Å². The van der Waals surface area contributed by atoms with E-state index in [0.29, 0.717) is 19.4 Å². The van der Waals surface area contributed by atoms with Gasteiger partial charge in [0.2, 0.25) is 5.91 Å². The summed E-state index contributed by atoms with van der Waals surface area (Å²) in [5.41, 5.74) is 0. The number of aliphatic hydroxyl groups excluding tert-OH is 1. The third-order valence-corrected chi connectivity index (χ3v) is 1.95. The topological polar surface area (TPSA) is 53.7 Å². The van der Waals surface area contributed by atoms with Crippen LogP contribution in [0.15, 0.2) is 22.8 Å². The highest BCUT2D eigenvalue weighted by Crippen LogP contribution is 2.05. The molecule has 1 aromatic rings. The SMILES string of the molecule is CN(Cc1ccco1)C(=O)CCCO. The average Bonchev–Trinajstić information content (AvgIpc) is 2.66. The first-order valence-electron chi connectivity index (χ1n) is 4.61. The van der Waals surface area contributed by atoms with Crippen LogP contribution in [0, 0.1) is 0 Å². The van der Waals surface area contributed by atoms with E-state index >= 15 is 0 Å². The highest BCUT2D eigenvalue weighted by atomic mass is 16.3. The fourth-order valence-electron chi connectivity index (χ4n) is 1.15. The van der Waals surface area contributed by atoms with Crippen LogP contribution in [0.1, 0.15) is 18.6 Å². The Hall–Kier alpha value is -1.29. The van der Waals surface area contributed by atoms with Gasteiger partial charge in [-0.05, 0) is 18.6 Å². The summed E-state index contributed by atoms with van der Waals surface area (Å²) in [6, 6.07) is 3.62. The van der Waals surface area contributed by atoms with Crippen LogP contribution in [0.25, 0.3) is 0 Å². The highest BCUT2D eigenvalue weighted by molar-refractivity contribution is 5.75. The van der Waals surface area contributed by atoms with Crippen LogP contribution in [0.4, 0.5) is 0 Å². The van der Waals surface area contributed by atoms with Crippen molar-refractivity contribution in [1.29, 1.82) is 0 Å². The number of hydrogen-bond donors (Lipinski definition) is 1. The van der Waals surface area contributed by atoms with Gasteiger partial charge in [-0.15, -0.1) is 0 Å². The minimum absolute atomic E-state index is 0.0236. The van der Waals surface area contributed by atoms with Gasteiger partial charge in [0.05, 0.1) is 12.8 Å². The molecule has 1 heterocycles. The van der Waals surface area contributed by atoms with Gasteiger partial charge in [0.25, 0.3) is 0 Å². The molecular formula is C10H15NO3. The van der Waals surface area contributed by atoms with Crippen molar-refractivity contribution in [2.75, 3.05) is 13.7 Å². The maximum atomic E-state index is 11.4. The van der Waals surface area contributed by atoms with Crippen molar-refractivity contribution in [3.63, 3.8) is 0 Å². The second-order valence-corrected chi connectivity index (χ2v) is 3.16. The first-order valence-corrected chi connectivity index (χ1v) is 4.61. The van der Waals surface area contributed by atoms with Crippen LogP contribution < -0.4 is 0 Å². The molecule has 1 rings (SSSR count). The molecule has 0 spiro atoms. The van der Waals surface area contributed by atoms with Crippen molar-refractivity contribution in [3.8, 4) is 0 Å². The molecule has 1 aromatic heterocycles. The van der Waals surface area contributed by atoms with Crippen LogP contribution in [-0.2, 0) is 11.3 Å². The quantitative estimate of drug-likeness (QED) is 0.766. The smallest absolute Gasteiger partial charge is 0.222 e. The normalized spacial score (nSPS) is 10.1. The molecule has 1 N–H and O–H groups in total. The van der Waals surface area contributed by atoms with E-state index in [4.69, 9.17) is 9.52 Å². The molecule has 1 amide bonds. The summed E-state index contributed by atoms with van der Waals surface area (Å²) in [6.45, 7) is 0.539. The Kier molecular flexibility index (Phi) is 4.19. The number of nitrogens with zero attached hydrogens (tertiary/aromatic N) is 1. The second kappa shape index (κ2) is 5.44. The fraction of sp³-hybridized carbons (Fsp3) is 0.500. The molecule has 0 aliphatic heterocycles. The van der Waals surface area contributed by atoms with Gasteiger partial charge in [-0.1, -0.05) is 0 Å². The van der Waals surface area contributed by atoms with Crippen molar-refractivity contribution in [3.05, 3.63) is 24.2 Å². The standard InChI is InChI=1S/C10H15NO3/c1-11(10(13)5-2-6-12)8-9-4-3-7-14-9/h3-4,7,12H,2,5-6,8H2,1H3. The summed E-state index contributed by atoms with van der Waals surface area (Å²) < 4.78 is 5.12. The van der Waals surface area contributed by atoms with Crippen molar-refractivity contribution >= 4 is 5.91 Å². The lowest BCUT2D eigenvalue weighted by Crippen LogP contribution is -2.25. The van der Waals surface area contributed by atoms with Gasteiger partial charge in [-0.25, -0.2) is 0 Å². The fourth-order valence-corrected chi connectivity index (χ4v) is 1.15. The van der Waals surface area contributed by atoms with Gasteiger partial charge < -0.3 is 14.4 Å². The van der Waals surface area contributed by atoms with E-state index in [1.54, 1.807) is 24.3 Å². The predicted molar refractivity (Wildman–Crippen MR) is 51.5 cm³/mol. The Morgan fingerprint density at radius 3 is 3.00 bits per heavy atom. The number of carbonyl (C=O) groups excluding carboxylic acids is 1. The van der Waals surface area contributed by atoms with Crippen LogP contribution in [-0.4, -0.2) is 29.6 Å². The van der Waals surface area contributed by atoms with Gasteiger partial charge in [0.15, 0.2) is 0 Å². The molecule has 4 nitrogen and oxygen atoms in total. The Bertz CT molecular complexity index is 269. The van der Waals surface area contributed by atoms with Crippen molar-refractivity contribution < 1.29 is 14.3 Å². The molecule has 78 valence electrons. The predicted octanol–water partition coefficient (Wildman–Crippen LogP) is 1.01. The first kappa shape index (κ1) is 10.8. The van der Waals surface area contributed by atoms with Crippen LogP contribution >= 0.6 is 0 Å². The van der Waals surface area contributed by atoms with Crippen LogP contribution in [0.3, 0.4) is 0 Å². The van der Waals surface area contributed by atoms with E-state index in [1.165, 1.54) is 0 Å². The minimum Gasteiger partial charge on any atom is -0.467 e. The highest BCUT2D eigenvalue weighted by Gasteiger charge is 2.09. The second-order valence-electron chi connectivity index (χ2n) is 3.16. The molecule has 0 saturated carbocycles. The zero-order valence-electron chi connectivity index (χ0n) is 8.27. The maximum Gasteiger partial charge on any atom is 0.222 e. The summed E-state index contributed by atoms with van der Waals surface area (Å²) in [7, 11) is 1.72. The van der Waals surface area contributed by atoms with Gasteiger partial charge >= 0.3 is 0 Å². The largest absolute Gasteiger partial charge is 0.467 e. The molecule has 0 fully saturated rings. The molecule has 0 bridgehead atoms. The molecular weight excluding hydrogens is 182 g/mol. The van der Waals surface area contributed by atoms with E-state index < -0.39 is 0 Å². The van der Waals surface area contributed by atoms with E-state index in [-0.39, 0.29) is 12.5 Å². The van der Waals surface area contributed by atoms with Crippen molar-refractivity contribution in [2.24, 2.45) is 0 Å². The third-order valence-electron chi connectivity index (χ3n) is 1.95. The number of rotatable bonds is 5. The lowest BCUT2D eigenvalue weighted by molar-refractivity contribution is -0.130. The maximum absolute atomic E-state index is 11.4. The van der Waals surface area contributed by atoms with E-state index in [2.05, 4.69) is 0 Å². The molecule has 0 radical (unpaired) electrons. The number of hydrogen-bond acceptors (Lipinski definition) is 3. The Morgan fingerprint density at radius 1 is 1.64 bits per heavy atom. The van der Waals surface area contributed by atoms with E-state index in [0.717, 1.165) is 5.76 Å². The van der Waals surface area contributed by atoms with Crippen molar-refractivity contribution in [2.45, 2.75) is 19.4 Å². The molecule has 0 saturated heterocycles. The molecule has 0 aromatic carbocycles. The number of carbonyl (C=O) groups is 1. The summed E-state index contributed by atoms with van der Waals surface area (Å²) in [5, 5.41) is 8.56. The molecule has 0 aliphatic rings. The number of furan rings is 1. The Balaban J connectivity index is 2.34. The average molecular weight is 197 g/mol. The summed E-state index contributed by atoms with van der Waals surface area (Å²) in [6.07, 6.45) is 2.48. The zero-order valence-corrected chi connectivity index (χ0v) is 8.27. The summed E-state index contributed by atoms with van der Waals surface area (Å²) in [5.74, 6) is 0.792. The lowest BCUT2D eigenvalue weighted by Gasteiger charge is -2.15. The summed E-state index contributed by atoms with van der Waals surface area (Å²) >= 11 is 0. The monoisotopic (exact) mass is 197 g/mol. The lowest BCUT2D eigenvalue weighted by atomic mass is 10.3. The molecule has 0 aliphatic carbocycles. The summed E-state index contributed by atoms with van der Waals surface area (Å²) in [4.78, 5) is 13.0. The zero-order chi connectivity index (χ0) is 10.4. The van der Waals surface area contributed by atoms with Gasteiger partial charge in [-0.2, -0.15) is 0 Å². The minimum atomic E-state index is 0.0236. The van der Waals surface area contributed by atoms with E-state index in [1.807, 2.05) is 6.07 Å². The first-order chi connectivity index (χ1) is 6.74. The molecule has 4 heteroatoms. The van der Waals surface area contributed by atoms with Gasteiger partial charge in [0, 0.05) is 20.1 Å². The van der Waals surface area contributed by atoms with Gasteiger partial charge in [-0.3, -0.25) is 4.79 Å². The van der Waals surface area contributed by atoms with Crippen LogP contribution in [0.2, 0.25) is 0 Å². The molecule has 0 unspecified atom stereocenters. The molecule has 14 heavy (non-hydrogen) atoms. The van der Waals surface area contributed by atoms with E-state index in [9.17, 15) is 4.79 Å². The van der Waals surface area contributed by atoms with Crippen LogP contribution in [0.5, 0.6) is 0 Å². The molecule has 0 atom stereocenters. The Morgan fingerprint density at radius 2 is 2.43 bits per heavy atom. The number of amides is 1. The van der Waals surface area contributed by atoms with Crippen molar-refractivity contribution in [1.82, 2.24) is 4.90 Å². The van der Waals surface area contributed by atoms with Gasteiger partial charge in [0.1, 0.15) is 5.76 Å².